The van der Waals surface area contributed by atoms with E-state index in [2.05, 4.69) is 15.4 Å². The first-order valence-corrected chi connectivity index (χ1v) is 7.78. The molecule has 0 saturated heterocycles. The fourth-order valence-electron chi connectivity index (χ4n) is 1.93. The van der Waals surface area contributed by atoms with Gasteiger partial charge in [-0.3, -0.25) is 4.79 Å². The van der Waals surface area contributed by atoms with Gasteiger partial charge in [0, 0.05) is 17.1 Å². The summed E-state index contributed by atoms with van der Waals surface area (Å²) in [5, 5.41) is 7.58. The first-order valence-electron chi connectivity index (χ1n) is 6.90. The van der Waals surface area contributed by atoms with Crippen LogP contribution < -0.4 is 10.6 Å². The van der Waals surface area contributed by atoms with Crippen LogP contribution in [0.25, 0.3) is 0 Å². The molecule has 2 amide bonds. The molecule has 2 aromatic rings. The summed E-state index contributed by atoms with van der Waals surface area (Å²) >= 11 is 1.67. The minimum Gasteiger partial charge on any atom is -0.469 e. The number of carbonyl (C=O) groups is 2. The second kappa shape index (κ2) is 8.19. The van der Waals surface area contributed by atoms with Gasteiger partial charge in [0.25, 0.3) is 0 Å². The quantitative estimate of drug-likeness (QED) is 0.805. The van der Waals surface area contributed by atoms with E-state index < -0.39 is 0 Å². The van der Waals surface area contributed by atoms with E-state index in [0.717, 1.165) is 12.0 Å². The van der Waals surface area contributed by atoms with Gasteiger partial charge in [-0.2, -0.15) is 0 Å². The van der Waals surface area contributed by atoms with Crippen LogP contribution in [0.2, 0.25) is 0 Å². The lowest BCUT2D eigenvalue weighted by Crippen LogP contribution is -2.30. The number of methoxy groups -OCH3 is 1. The van der Waals surface area contributed by atoms with Gasteiger partial charge in [0.05, 0.1) is 13.5 Å². The highest BCUT2D eigenvalue weighted by Gasteiger charge is 2.05. The van der Waals surface area contributed by atoms with Gasteiger partial charge in [-0.15, -0.1) is 11.3 Å². The van der Waals surface area contributed by atoms with Crippen molar-refractivity contribution in [1.29, 1.82) is 0 Å². The van der Waals surface area contributed by atoms with Crippen LogP contribution >= 0.6 is 11.3 Å². The third-order valence-electron chi connectivity index (χ3n) is 3.00. The summed E-state index contributed by atoms with van der Waals surface area (Å²) in [7, 11) is 1.35. The fourth-order valence-corrected chi connectivity index (χ4v) is 2.64. The second-order valence-corrected chi connectivity index (χ2v) is 5.70. The SMILES string of the molecule is COC(=O)Cc1cccc(NC(=O)NCCc2cccs2)c1. The summed E-state index contributed by atoms with van der Waals surface area (Å²) < 4.78 is 4.63. The molecule has 0 atom stereocenters. The van der Waals surface area contributed by atoms with E-state index in [4.69, 9.17) is 0 Å². The van der Waals surface area contributed by atoms with E-state index in [1.165, 1.54) is 12.0 Å². The summed E-state index contributed by atoms with van der Waals surface area (Å²) in [6.07, 6.45) is 0.999. The Kier molecular flexibility index (Phi) is 5.97. The minimum atomic E-state index is -0.308. The number of ether oxygens (including phenoxy) is 1. The molecule has 0 aliphatic rings. The molecular formula is C16H18N2O3S. The lowest BCUT2D eigenvalue weighted by Gasteiger charge is -2.08. The molecule has 1 aromatic carbocycles. The van der Waals surface area contributed by atoms with Gasteiger partial charge in [-0.05, 0) is 35.6 Å². The topological polar surface area (TPSA) is 67.4 Å². The van der Waals surface area contributed by atoms with Crippen molar-refractivity contribution in [2.45, 2.75) is 12.8 Å². The molecule has 2 N–H and O–H groups in total. The predicted octanol–water partition coefficient (Wildman–Crippen LogP) is 2.83. The lowest BCUT2D eigenvalue weighted by atomic mass is 10.1. The Morgan fingerprint density at radius 1 is 1.23 bits per heavy atom. The van der Waals surface area contributed by atoms with Crippen molar-refractivity contribution >= 4 is 29.0 Å². The zero-order chi connectivity index (χ0) is 15.8. The maximum Gasteiger partial charge on any atom is 0.319 e. The maximum atomic E-state index is 11.8. The predicted molar refractivity (Wildman–Crippen MR) is 87.2 cm³/mol. The monoisotopic (exact) mass is 318 g/mol. The maximum absolute atomic E-state index is 11.8. The highest BCUT2D eigenvalue weighted by atomic mass is 32.1. The number of anilines is 1. The number of thiophene rings is 1. The molecule has 2 rings (SSSR count). The van der Waals surface area contributed by atoms with Crippen LogP contribution in [-0.2, 0) is 22.4 Å². The number of carbonyl (C=O) groups excluding carboxylic acids is 2. The number of nitrogens with one attached hydrogen (secondary N) is 2. The lowest BCUT2D eigenvalue weighted by molar-refractivity contribution is -0.139. The zero-order valence-electron chi connectivity index (χ0n) is 12.3. The highest BCUT2D eigenvalue weighted by molar-refractivity contribution is 7.09. The van der Waals surface area contributed by atoms with Crippen LogP contribution in [0, 0.1) is 0 Å². The average Bonchev–Trinajstić information content (AvgIpc) is 3.00. The van der Waals surface area contributed by atoms with Gasteiger partial charge in [0.1, 0.15) is 0 Å². The largest absolute Gasteiger partial charge is 0.469 e. The molecule has 0 spiro atoms. The highest BCUT2D eigenvalue weighted by Crippen LogP contribution is 2.12. The van der Waals surface area contributed by atoms with Crippen LogP contribution in [0.15, 0.2) is 41.8 Å². The van der Waals surface area contributed by atoms with E-state index >= 15 is 0 Å². The number of rotatable bonds is 6. The van der Waals surface area contributed by atoms with Crippen molar-refractivity contribution in [3.63, 3.8) is 0 Å². The van der Waals surface area contributed by atoms with Gasteiger partial charge >= 0.3 is 12.0 Å². The van der Waals surface area contributed by atoms with Crippen molar-refractivity contribution < 1.29 is 14.3 Å². The number of benzene rings is 1. The molecule has 0 aliphatic carbocycles. The molecule has 0 saturated carbocycles. The van der Waals surface area contributed by atoms with Crippen molar-refractivity contribution in [3.05, 3.63) is 52.2 Å². The smallest absolute Gasteiger partial charge is 0.319 e. The number of hydrogen-bond donors (Lipinski definition) is 2. The van der Waals surface area contributed by atoms with Crippen LogP contribution in [0.4, 0.5) is 10.5 Å². The Hall–Kier alpha value is -2.34. The molecule has 0 aliphatic heterocycles. The third-order valence-corrected chi connectivity index (χ3v) is 3.93. The van der Waals surface area contributed by atoms with E-state index in [1.54, 1.807) is 29.5 Å². The third kappa shape index (κ3) is 5.21. The molecule has 5 nitrogen and oxygen atoms in total. The molecular weight excluding hydrogens is 300 g/mol. The molecule has 6 heteroatoms. The zero-order valence-corrected chi connectivity index (χ0v) is 13.1. The van der Waals surface area contributed by atoms with Gasteiger partial charge in [0.2, 0.25) is 0 Å². The molecule has 1 heterocycles. The van der Waals surface area contributed by atoms with E-state index in [-0.39, 0.29) is 18.4 Å². The Morgan fingerprint density at radius 2 is 2.09 bits per heavy atom. The number of amides is 2. The molecule has 116 valence electrons. The summed E-state index contributed by atoms with van der Waals surface area (Å²) in [5.41, 5.74) is 1.44. The van der Waals surface area contributed by atoms with E-state index in [0.29, 0.717) is 12.2 Å². The Bertz CT molecular complexity index is 626. The Morgan fingerprint density at radius 3 is 2.82 bits per heavy atom. The number of esters is 1. The molecule has 0 unspecified atom stereocenters. The van der Waals surface area contributed by atoms with Gasteiger partial charge in [-0.25, -0.2) is 4.79 Å². The first-order chi connectivity index (χ1) is 10.7. The number of hydrogen-bond acceptors (Lipinski definition) is 4. The van der Waals surface area contributed by atoms with Crippen LogP contribution in [0.1, 0.15) is 10.4 Å². The van der Waals surface area contributed by atoms with Crippen molar-refractivity contribution in [3.8, 4) is 0 Å². The first kappa shape index (κ1) is 16.0. The molecule has 1 aromatic heterocycles. The second-order valence-electron chi connectivity index (χ2n) is 4.66. The van der Waals surface area contributed by atoms with Crippen molar-refractivity contribution in [2.75, 3.05) is 19.0 Å². The Balaban J connectivity index is 1.80. The summed E-state index contributed by atoms with van der Waals surface area (Å²) in [6.45, 7) is 0.578. The molecule has 0 bridgehead atoms. The van der Waals surface area contributed by atoms with Gasteiger partial charge in [0.15, 0.2) is 0 Å². The van der Waals surface area contributed by atoms with Crippen LogP contribution in [-0.4, -0.2) is 25.7 Å². The normalized spacial score (nSPS) is 10.0. The average molecular weight is 318 g/mol. The molecule has 0 radical (unpaired) electrons. The van der Waals surface area contributed by atoms with Crippen molar-refractivity contribution in [1.82, 2.24) is 5.32 Å². The number of urea groups is 1. The minimum absolute atomic E-state index is 0.187. The van der Waals surface area contributed by atoms with Crippen molar-refractivity contribution in [2.24, 2.45) is 0 Å². The van der Waals surface area contributed by atoms with Gasteiger partial charge in [-0.1, -0.05) is 18.2 Å². The fraction of sp³-hybridized carbons (Fsp3) is 0.250. The molecule has 0 fully saturated rings. The van der Waals surface area contributed by atoms with Gasteiger partial charge < -0.3 is 15.4 Å². The standard InChI is InChI=1S/C16H18N2O3S/c1-21-15(19)11-12-4-2-5-13(10-12)18-16(20)17-8-7-14-6-3-9-22-14/h2-6,9-10H,7-8,11H2,1H3,(H2,17,18,20). The summed E-state index contributed by atoms with van der Waals surface area (Å²) in [6, 6.07) is 10.9. The Labute approximate surface area is 133 Å². The summed E-state index contributed by atoms with van der Waals surface area (Å²) in [5.74, 6) is -0.308. The van der Waals surface area contributed by atoms with Crippen LogP contribution in [0.5, 0.6) is 0 Å². The van der Waals surface area contributed by atoms with Crippen LogP contribution in [0.3, 0.4) is 0 Å². The molecule has 22 heavy (non-hydrogen) atoms. The van der Waals surface area contributed by atoms with E-state index in [1.807, 2.05) is 23.6 Å². The summed E-state index contributed by atoms with van der Waals surface area (Å²) in [4.78, 5) is 24.3. The van der Waals surface area contributed by atoms with E-state index in [9.17, 15) is 9.59 Å².